The standard InChI is InChI=1S/C110H110N2/c1-7-9-11-20-52-110(53-21-12-10-8-2)101-60-87(108-67-75-56-76(68-108)64-106(63-75,71-108)85-37-28-73(3)29-38-85)41-48-95(101)96-49-42-88(61-102(96)110)109-69-77-57-78(70-109)66-107(65-77,72-109)86-39-30-82(31-40-86)84-54-74(4)55-92(58-84)112-103-27-19-17-25-97(103)98-59-83(36-51-104(98)112)81-34-45-90(46-35-81)111(89-43-32-80(33-44-89)79-22-14-13-15-23-79)91-47-50-94-93-24-16-18-26-99(93)105(5,6)100(94)62-91/h13-19,22-51,54-55,58-62,75-78H,7-12,20-21,52-53,56-57,63-72H2,1-6H3. The molecule has 4 unspecified atom stereocenters. The van der Waals surface area contributed by atoms with Crippen LogP contribution in [-0.2, 0) is 32.5 Å². The van der Waals surface area contributed by atoms with Gasteiger partial charge in [-0.2, -0.15) is 0 Å². The number of rotatable bonds is 21. The minimum atomic E-state index is -0.117. The van der Waals surface area contributed by atoms with Crippen molar-refractivity contribution in [1.82, 2.24) is 4.57 Å². The Kier molecular flexibility index (Phi) is 16.9. The highest BCUT2D eigenvalue weighted by molar-refractivity contribution is 6.10. The van der Waals surface area contributed by atoms with E-state index in [1.54, 1.807) is 44.5 Å². The van der Waals surface area contributed by atoms with Crippen molar-refractivity contribution in [3.63, 3.8) is 0 Å². The van der Waals surface area contributed by atoms with E-state index in [9.17, 15) is 0 Å². The Morgan fingerprint density at radius 1 is 0.321 bits per heavy atom. The molecule has 8 fully saturated rings. The maximum atomic E-state index is 2.93. The zero-order chi connectivity index (χ0) is 75.3. The molecule has 0 amide bonds. The lowest BCUT2D eigenvalue weighted by molar-refractivity contribution is -0.0282. The van der Waals surface area contributed by atoms with Gasteiger partial charge < -0.3 is 9.47 Å². The predicted octanol–water partition coefficient (Wildman–Crippen LogP) is 30.0. The number of aromatic nitrogens is 1. The van der Waals surface area contributed by atoms with Crippen LogP contribution in [0.15, 0.2) is 267 Å². The molecular weight excluding hydrogens is 1350 g/mol. The summed E-state index contributed by atoms with van der Waals surface area (Å²) in [6.45, 7) is 14.1. The lowest BCUT2D eigenvalue weighted by Gasteiger charge is -2.63. The fourth-order valence-corrected chi connectivity index (χ4v) is 26.3. The second-order valence-corrected chi connectivity index (χ2v) is 38.0. The van der Waals surface area contributed by atoms with E-state index < -0.39 is 0 Å². The molecule has 560 valence electrons. The molecule has 8 bridgehead atoms. The monoisotopic (exact) mass is 1460 g/mol. The number of para-hydroxylation sites is 1. The van der Waals surface area contributed by atoms with Gasteiger partial charge in [0.05, 0.1) is 11.0 Å². The van der Waals surface area contributed by atoms with Crippen molar-refractivity contribution in [2.75, 3.05) is 4.90 Å². The molecule has 0 N–H and O–H groups in total. The lowest BCUT2D eigenvalue weighted by atomic mass is 9.41. The maximum Gasteiger partial charge on any atom is 0.0541 e. The largest absolute Gasteiger partial charge is 0.310 e. The van der Waals surface area contributed by atoms with Crippen molar-refractivity contribution in [3.05, 3.63) is 323 Å². The Labute approximate surface area is 666 Å². The second kappa shape index (κ2) is 27.0. The van der Waals surface area contributed by atoms with E-state index >= 15 is 0 Å². The van der Waals surface area contributed by atoms with Crippen LogP contribution >= 0.6 is 0 Å². The van der Waals surface area contributed by atoms with Crippen LogP contribution in [0, 0.1) is 37.5 Å². The summed E-state index contributed by atoms with van der Waals surface area (Å²) in [5.74, 6) is 3.22. The van der Waals surface area contributed by atoms with Crippen LogP contribution in [-0.4, -0.2) is 4.57 Å². The Morgan fingerprint density at radius 3 is 1.36 bits per heavy atom. The number of aryl methyl sites for hydroxylation is 2. The highest BCUT2D eigenvalue weighted by atomic mass is 15.1. The van der Waals surface area contributed by atoms with Gasteiger partial charge in [-0.15, -0.1) is 0 Å². The fraction of sp³-hybridized carbons (Fsp3) is 0.345. The van der Waals surface area contributed by atoms with Gasteiger partial charge in [0.25, 0.3) is 0 Å². The summed E-state index contributed by atoms with van der Waals surface area (Å²) in [6, 6.07) is 105. The first kappa shape index (κ1) is 70.1. The number of fused-ring (bicyclic) bond motifs is 9. The van der Waals surface area contributed by atoms with E-state index in [0.29, 0.717) is 5.41 Å². The van der Waals surface area contributed by atoms with Crippen LogP contribution in [0.4, 0.5) is 17.1 Å². The normalized spacial score (nSPS) is 24.2. The summed E-state index contributed by atoms with van der Waals surface area (Å²) in [5.41, 5.74) is 36.7. The van der Waals surface area contributed by atoms with Crippen molar-refractivity contribution in [2.24, 2.45) is 23.7 Å². The highest BCUT2D eigenvalue weighted by Crippen LogP contribution is 2.70. The van der Waals surface area contributed by atoms with Crippen molar-refractivity contribution < 1.29 is 0 Å². The van der Waals surface area contributed by atoms with Crippen LogP contribution in [0.2, 0.25) is 0 Å². The SMILES string of the molecule is CCCCCCC1(CCCCCC)c2cc(C34CC5CC(CC(c6ccc(C)cc6)(C5)C3)C4)ccc2-c2ccc(C34CC5CC(CC(c6ccc(-c7cc(C)cc(-n8c9ccccc9c9cc(-c%10ccc(N(c%11ccc(-c%12ccccc%12)cc%11)c%11ccc%12c(c%11)C(C)(C)c%11ccccc%11-%12)cc%10)ccc98)c7)cc6)(C5)C3)C4)cc21. The molecule has 8 saturated carbocycles. The third kappa shape index (κ3) is 11.4. The number of hydrogen-bond donors (Lipinski definition) is 0. The molecule has 2 nitrogen and oxygen atoms in total. The second-order valence-electron chi connectivity index (χ2n) is 38.0. The molecule has 1 aromatic heterocycles. The van der Waals surface area contributed by atoms with Crippen molar-refractivity contribution in [1.29, 1.82) is 0 Å². The minimum Gasteiger partial charge on any atom is -0.310 e. The molecule has 0 saturated heterocycles. The quantitative estimate of drug-likeness (QED) is 0.0651. The van der Waals surface area contributed by atoms with Gasteiger partial charge >= 0.3 is 0 Å². The molecule has 4 atom stereocenters. The zero-order valence-electron chi connectivity index (χ0n) is 67.2. The number of benzene rings is 12. The molecule has 10 aliphatic carbocycles. The topological polar surface area (TPSA) is 8.17 Å². The van der Waals surface area contributed by atoms with E-state index in [-0.39, 0.29) is 27.1 Å². The summed E-state index contributed by atoms with van der Waals surface area (Å²) < 4.78 is 2.53. The molecule has 0 spiro atoms. The number of unbranched alkanes of at least 4 members (excludes halogenated alkanes) is 6. The van der Waals surface area contributed by atoms with Gasteiger partial charge in [0, 0.05) is 44.4 Å². The van der Waals surface area contributed by atoms with Crippen LogP contribution in [0.5, 0.6) is 0 Å². The first-order chi connectivity index (χ1) is 54.7. The van der Waals surface area contributed by atoms with Crippen molar-refractivity contribution >= 4 is 38.9 Å². The Bertz CT molecular complexity index is 5740. The van der Waals surface area contributed by atoms with Crippen LogP contribution < -0.4 is 4.90 Å². The molecule has 10 aliphatic rings. The van der Waals surface area contributed by atoms with Gasteiger partial charge in [0.2, 0.25) is 0 Å². The fourth-order valence-electron chi connectivity index (χ4n) is 26.3. The molecule has 2 heteroatoms. The summed E-state index contributed by atoms with van der Waals surface area (Å²) in [4.78, 5) is 2.44. The molecule has 0 aliphatic heterocycles. The Morgan fingerprint density at radius 2 is 0.768 bits per heavy atom. The van der Waals surface area contributed by atoms with Crippen molar-refractivity contribution in [2.45, 2.75) is 215 Å². The van der Waals surface area contributed by atoms with Gasteiger partial charge in [-0.05, 0) is 322 Å². The molecule has 23 rings (SSSR count). The summed E-state index contributed by atoms with van der Waals surface area (Å²) >= 11 is 0. The average Bonchev–Trinajstić information content (AvgIpc) is 1.14. The van der Waals surface area contributed by atoms with E-state index in [0.717, 1.165) is 40.7 Å². The van der Waals surface area contributed by atoms with Gasteiger partial charge in [-0.1, -0.05) is 285 Å². The van der Waals surface area contributed by atoms with Crippen molar-refractivity contribution in [3.8, 4) is 61.3 Å². The van der Waals surface area contributed by atoms with Gasteiger partial charge in [-0.25, -0.2) is 0 Å². The summed E-state index contributed by atoms with van der Waals surface area (Å²) in [5, 5.41) is 2.54. The molecule has 112 heavy (non-hydrogen) atoms. The van der Waals surface area contributed by atoms with E-state index in [1.807, 2.05) is 0 Å². The van der Waals surface area contributed by atoms with Gasteiger partial charge in [0.1, 0.15) is 0 Å². The zero-order valence-corrected chi connectivity index (χ0v) is 67.2. The molecule has 12 aromatic carbocycles. The predicted molar refractivity (Wildman–Crippen MR) is 472 cm³/mol. The van der Waals surface area contributed by atoms with Crippen LogP contribution in [0.25, 0.3) is 83.1 Å². The molecule has 1 heterocycles. The van der Waals surface area contributed by atoms with E-state index in [4.69, 9.17) is 0 Å². The highest BCUT2D eigenvalue weighted by Gasteiger charge is 2.61. The Balaban J connectivity index is 0.582. The molecule has 0 radical (unpaired) electrons. The number of anilines is 3. The smallest absolute Gasteiger partial charge is 0.0541 e. The first-order valence-corrected chi connectivity index (χ1v) is 43.6. The number of nitrogens with zero attached hydrogens (tertiary/aromatic N) is 2. The molecular formula is C110H110N2. The third-order valence-corrected chi connectivity index (χ3v) is 30.6. The van der Waals surface area contributed by atoms with Crippen LogP contribution in [0.3, 0.4) is 0 Å². The van der Waals surface area contributed by atoms with Gasteiger partial charge in [-0.3, -0.25) is 0 Å². The third-order valence-electron chi connectivity index (χ3n) is 30.6. The van der Waals surface area contributed by atoms with E-state index in [1.165, 1.54) is 236 Å². The number of hydrogen-bond acceptors (Lipinski definition) is 1. The summed E-state index contributed by atoms with van der Waals surface area (Å²) in [6.07, 6.45) is 29.5. The Hall–Kier alpha value is -9.76. The average molecular weight is 1460 g/mol. The summed E-state index contributed by atoms with van der Waals surface area (Å²) in [7, 11) is 0. The minimum absolute atomic E-state index is 0.0558. The molecule has 13 aromatic rings. The van der Waals surface area contributed by atoms with Gasteiger partial charge in [0.15, 0.2) is 0 Å². The first-order valence-electron chi connectivity index (χ1n) is 43.6. The van der Waals surface area contributed by atoms with E-state index in [2.05, 4.69) is 318 Å². The maximum absolute atomic E-state index is 2.93. The van der Waals surface area contributed by atoms with Crippen LogP contribution in [0.1, 0.15) is 225 Å². The lowest BCUT2D eigenvalue weighted by Crippen LogP contribution is -2.56.